The highest BCUT2D eigenvalue weighted by molar-refractivity contribution is 6.30. The largest absolute Gasteiger partial charge is 0.367 e. The van der Waals surface area contributed by atoms with Crippen LogP contribution in [0.1, 0.15) is 29.6 Å². The summed E-state index contributed by atoms with van der Waals surface area (Å²) in [5, 5.41) is 0.713. The van der Waals surface area contributed by atoms with E-state index in [2.05, 4.69) is 9.97 Å². The lowest BCUT2D eigenvalue weighted by Crippen LogP contribution is -2.42. The Balaban J connectivity index is 1.55. The molecule has 23 heavy (non-hydrogen) atoms. The maximum Gasteiger partial charge on any atom is 0.223 e. The van der Waals surface area contributed by atoms with Gasteiger partial charge in [-0.1, -0.05) is 23.7 Å². The standard InChI is InChI=1S/C17H20ClN3O2/c1-12-10-19-17(20-12)15-11-21(8-9-23-15)16(22)7-4-13-2-5-14(18)6-3-13/h2-3,5-6,10,15H,4,7-9,11H2,1H3,(H,19,20). The number of imidazole rings is 1. The zero-order valence-corrected chi connectivity index (χ0v) is 13.8. The summed E-state index contributed by atoms with van der Waals surface area (Å²) in [5.41, 5.74) is 2.11. The van der Waals surface area contributed by atoms with Crippen LogP contribution in [0.4, 0.5) is 0 Å². The van der Waals surface area contributed by atoms with Gasteiger partial charge in [0.15, 0.2) is 0 Å². The van der Waals surface area contributed by atoms with Crippen molar-refractivity contribution in [3.05, 3.63) is 52.6 Å². The number of halogens is 1. The van der Waals surface area contributed by atoms with Gasteiger partial charge in [0, 0.05) is 29.9 Å². The van der Waals surface area contributed by atoms with E-state index >= 15 is 0 Å². The monoisotopic (exact) mass is 333 g/mol. The van der Waals surface area contributed by atoms with Crippen molar-refractivity contribution < 1.29 is 9.53 Å². The van der Waals surface area contributed by atoms with Crippen molar-refractivity contribution >= 4 is 17.5 Å². The molecule has 1 aliphatic rings. The van der Waals surface area contributed by atoms with Gasteiger partial charge in [0.25, 0.3) is 0 Å². The molecule has 1 aromatic heterocycles. The molecule has 0 spiro atoms. The van der Waals surface area contributed by atoms with Gasteiger partial charge in [-0.25, -0.2) is 4.98 Å². The molecule has 0 bridgehead atoms. The molecule has 1 saturated heterocycles. The van der Waals surface area contributed by atoms with Crippen LogP contribution in [-0.2, 0) is 16.0 Å². The first kappa shape index (κ1) is 16.0. The van der Waals surface area contributed by atoms with Crippen LogP contribution in [0.5, 0.6) is 0 Å². The number of H-pyrrole nitrogens is 1. The van der Waals surface area contributed by atoms with Crippen molar-refractivity contribution in [1.82, 2.24) is 14.9 Å². The van der Waals surface area contributed by atoms with Gasteiger partial charge in [0.1, 0.15) is 11.9 Å². The molecule has 122 valence electrons. The summed E-state index contributed by atoms with van der Waals surface area (Å²) in [4.78, 5) is 21.8. The zero-order chi connectivity index (χ0) is 16.2. The molecule has 1 aliphatic heterocycles. The van der Waals surface area contributed by atoms with Crippen molar-refractivity contribution in [1.29, 1.82) is 0 Å². The summed E-state index contributed by atoms with van der Waals surface area (Å²) < 4.78 is 5.73. The highest BCUT2D eigenvalue weighted by Crippen LogP contribution is 2.20. The van der Waals surface area contributed by atoms with Crippen molar-refractivity contribution in [2.45, 2.75) is 25.9 Å². The van der Waals surface area contributed by atoms with E-state index in [0.717, 1.165) is 23.5 Å². The fourth-order valence-corrected chi connectivity index (χ4v) is 2.82. The summed E-state index contributed by atoms with van der Waals surface area (Å²) >= 11 is 5.87. The molecule has 0 radical (unpaired) electrons. The average molecular weight is 334 g/mol. The Labute approximate surface area is 140 Å². The van der Waals surface area contributed by atoms with Gasteiger partial charge in [-0.2, -0.15) is 0 Å². The molecule has 2 aromatic rings. The molecular formula is C17H20ClN3O2. The third-order valence-electron chi connectivity index (χ3n) is 3.99. The second kappa shape index (κ2) is 7.15. The van der Waals surface area contributed by atoms with Gasteiger partial charge < -0.3 is 14.6 Å². The van der Waals surface area contributed by atoms with Gasteiger partial charge in [0.2, 0.25) is 5.91 Å². The van der Waals surface area contributed by atoms with E-state index in [9.17, 15) is 4.79 Å². The molecule has 2 heterocycles. The second-order valence-corrected chi connectivity index (χ2v) is 6.21. The number of carbonyl (C=O) groups is 1. The number of aryl methyl sites for hydroxylation is 2. The van der Waals surface area contributed by atoms with E-state index in [1.807, 2.05) is 36.1 Å². The van der Waals surface area contributed by atoms with Gasteiger partial charge in [0.05, 0.1) is 13.2 Å². The van der Waals surface area contributed by atoms with Crippen molar-refractivity contribution in [2.75, 3.05) is 19.7 Å². The fourth-order valence-electron chi connectivity index (χ4n) is 2.70. The Morgan fingerprint density at radius 3 is 2.91 bits per heavy atom. The van der Waals surface area contributed by atoms with E-state index in [4.69, 9.17) is 16.3 Å². The van der Waals surface area contributed by atoms with Gasteiger partial charge in [-0.05, 0) is 31.0 Å². The minimum absolute atomic E-state index is 0.150. The molecule has 6 heteroatoms. The summed E-state index contributed by atoms with van der Waals surface area (Å²) in [6, 6.07) is 7.63. The van der Waals surface area contributed by atoms with Crippen LogP contribution in [0.25, 0.3) is 0 Å². The molecule has 1 amide bonds. The Morgan fingerprint density at radius 2 is 2.22 bits per heavy atom. The maximum atomic E-state index is 12.4. The van der Waals surface area contributed by atoms with Crippen molar-refractivity contribution in [3.8, 4) is 0 Å². The number of hydrogen-bond acceptors (Lipinski definition) is 3. The van der Waals surface area contributed by atoms with Gasteiger partial charge >= 0.3 is 0 Å². The molecule has 1 fully saturated rings. The first-order valence-corrected chi connectivity index (χ1v) is 8.15. The number of nitrogens with one attached hydrogen (secondary N) is 1. The van der Waals surface area contributed by atoms with Crippen LogP contribution in [0.15, 0.2) is 30.5 Å². The summed E-state index contributed by atoms with van der Waals surface area (Å²) in [6.45, 7) is 3.67. The van der Waals surface area contributed by atoms with Gasteiger partial charge in [-0.3, -0.25) is 4.79 Å². The van der Waals surface area contributed by atoms with Crippen LogP contribution in [0, 0.1) is 6.92 Å². The molecule has 0 saturated carbocycles. The molecule has 3 rings (SSSR count). The van der Waals surface area contributed by atoms with Crippen molar-refractivity contribution in [2.24, 2.45) is 0 Å². The lowest BCUT2D eigenvalue weighted by molar-refractivity contribution is -0.139. The number of hydrogen-bond donors (Lipinski definition) is 1. The predicted molar refractivity (Wildman–Crippen MR) is 88.4 cm³/mol. The van der Waals surface area contributed by atoms with E-state index < -0.39 is 0 Å². The normalized spacial score (nSPS) is 18.2. The number of aromatic nitrogens is 2. The zero-order valence-electron chi connectivity index (χ0n) is 13.1. The number of nitrogens with zero attached hydrogens (tertiary/aromatic N) is 2. The number of morpholine rings is 1. The fraction of sp³-hybridized carbons (Fsp3) is 0.412. The predicted octanol–water partition coefficient (Wildman–Crippen LogP) is 2.90. The van der Waals surface area contributed by atoms with Crippen LogP contribution >= 0.6 is 11.6 Å². The van der Waals surface area contributed by atoms with Crippen LogP contribution in [0.3, 0.4) is 0 Å². The van der Waals surface area contributed by atoms with Crippen molar-refractivity contribution in [3.63, 3.8) is 0 Å². The quantitative estimate of drug-likeness (QED) is 0.936. The summed E-state index contributed by atoms with van der Waals surface area (Å²) in [6.07, 6.45) is 2.82. The maximum absolute atomic E-state index is 12.4. The van der Waals surface area contributed by atoms with Crippen LogP contribution < -0.4 is 0 Å². The molecule has 5 nitrogen and oxygen atoms in total. The lowest BCUT2D eigenvalue weighted by atomic mass is 10.1. The molecular weight excluding hydrogens is 314 g/mol. The number of aromatic amines is 1. The third kappa shape index (κ3) is 4.12. The van der Waals surface area contributed by atoms with E-state index in [0.29, 0.717) is 31.1 Å². The molecule has 1 atom stereocenters. The van der Waals surface area contributed by atoms with E-state index in [1.54, 1.807) is 6.20 Å². The first-order valence-electron chi connectivity index (χ1n) is 7.77. The topological polar surface area (TPSA) is 58.2 Å². The number of amides is 1. The van der Waals surface area contributed by atoms with E-state index in [-0.39, 0.29) is 12.0 Å². The molecule has 1 unspecified atom stereocenters. The number of ether oxygens (including phenoxy) is 1. The number of benzene rings is 1. The minimum atomic E-state index is -0.170. The second-order valence-electron chi connectivity index (χ2n) is 5.78. The molecule has 1 aromatic carbocycles. The SMILES string of the molecule is Cc1cnc(C2CN(C(=O)CCc3ccc(Cl)cc3)CCO2)[nH]1. The summed E-state index contributed by atoms with van der Waals surface area (Å²) in [5.74, 6) is 0.939. The Kier molecular flexibility index (Phi) is 4.98. The molecule has 0 aliphatic carbocycles. The first-order chi connectivity index (χ1) is 11.1. The Bertz CT molecular complexity index is 669. The molecule has 1 N–H and O–H groups in total. The van der Waals surface area contributed by atoms with Gasteiger partial charge in [-0.15, -0.1) is 0 Å². The Hall–Kier alpha value is -1.85. The highest BCUT2D eigenvalue weighted by atomic mass is 35.5. The third-order valence-corrected chi connectivity index (χ3v) is 4.24. The Morgan fingerprint density at radius 1 is 1.43 bits per heavy atom. The minimum Gasteiger partial charge on any atom is -0.367 e. The van der Waals surface area contributed by atoms with Crippen LogP contribution in [0.2, 0.25) is 5.02 Å². The smallest absolute Gasteiger partial charge is 0.223 e. The average Bonchev–Trinajstić information content (AvgIpc) is 3.01. The van der Waals surface area contributed by atoms with Crippen LogP contribution in [-0.4, -0.2) is 40.5 Å². The summed E-state index contributed by atoms with van der Waals surface area (Å²) in [7, 11) is 0. The number of rotatable bonds is 4. The lowest BCUT2D eigenvalue weighted by Gasteiger charge is -2.32. The number of carbonyl (C=O) groups excluding carboxylic acids is 1. The highest BCUT2D eigenvalue weighted by Gasteiger charge is 2.26. The van der Waals surface area contributed by atoms with E-state index in [1.165, 1.54) is 0 Å².